The van der Waals surface area contributed by atoms with Crippen molar-refractivity contribution in [2.75, 3.05) is 37.5 Å². The highest BCUT2D eigenvalue weighted by Gasteiger charge is 2.35. The highest BCUT2D eigenvalue weighted by Crippen LogP contribution is 2.44. The number of nitrogens with zero attached hydrogens (tertiary/aromatic N) is 5. The van der Waals surface area contributed by atoms with Gasteiger partial charge in [-0.05, 0) is 36.8 Å². The number of hydrogen-bond acceptors (Lipinski definition) is 13. The highest BCUT2D eigenvalue weighted by molar-refractivity contribution is 7.47. The van der Waals surface area contributed by atoms with Gasteiger partial charge in [-0.25, -0.2) is 14.1 Å². The normalized spacial score (nSPS) is 14.7. The minimum absolute atomic E-state index is 0.112. The van der Waals surface area contributed by atoms with Crippen LogP contribution in [0.4, 0.5) is 11.5 Å². The van der Waals surface area contributed by atoms with Crippen LogP contribution in [0.5, 0.6) is 0 Å². The lowest BCUT2D eigenvalue weighted by Crippen LogP contribution is -2.37. The van der Waals surface area contributed by atoms with Crippen LogP contribution in [0.1, 0.15) is 127 Å². The smallest absolute Gasteiger partial charge is 0.419 e. The van der Waals surface area contributed by atoms with E-state index in [0.717, 1.165) is 19.3 Å². The largest absolute Gasteiger partial charge is 0.472 e. The molecule has 0 amide bonds. The van der Waals surface area contributed by atoms with Crippen molar-refractivity contribution >= 4 is 24.8 Å². The number of nitrogen functional groups attached to an aromatic ring is 1. The molecule has 3 rings (SSSR count). The summed E-state index contributed by atoms with van der Waals surface area (Å²) in [6.07, 6.45) is 18.0. The molecular formula is C39H60N7O8P. The first-order valence-electron chi connectivity index (χ1n) is 19.6. The number of aliphatic hydroxyl groups excluding tert-OH is 2. The maximum Gasteiger partial charge on any atom is 0.472 e. The minimum Gasteiger partial charge on any atom is -0.419 e. The van der Waals surface area contributed by atoms with E-state index < -0.39 is 38.8 Å². The fourth-order valence-corrected chi connectivity index (χ4v) is 7.04. The molecule has 16 heteroatoms. The molecule has 2 aromatic heterocycles. The molecule has 3 aromatic rings. The molecule has 0 fully saturated rings. The molecule has 15 nitrogen and oxygen atoms in total. The van der Waals surface area contributed by atoms with E-state index in [9.17, 15) is 24.9 Å². The lowest BCUT2D eigenvalue weighted by Gasteiger charge is -2.25. The maximum atomic E-state index is 12.9. The topological polar surface area (TPSA) is 231 Å². The number of benzene rings is 1. The zero-order valence-electron chi connectivity index (χ0n) is 32.1. The van der Waals surface area contributed by atoms with Crippen LogP contribution in [0.25, 0.3) is 5.52 Å². The Morgan fingerprint density at radius 3 is 2.11 bits per heavy atom. The molecule has 0 aliphatic heterocycles. The summed E-state index contributed by atoms with van der Waals surface area (Å²) in [4.78, 5) is 14.4. The van der Waals surface area contributed by atoms with Crippen molar-refractivity contribution in [3.05, 3.63) is 54.0 Å². The number of ether oxygens (including phenoxy) is 2. The van der Waals surface area contributed by atoms with Crippen LogP contribution in [0.2, 0.25) is 0 Å². The molecule has 2 heterocycles. The Morgan fingerprint density at radius 1 is 0.873 bits per heavy atom. The molecule has 0 saturated carbocycles. The van der Waals surface area contributed by atoms with Crippen LogP contribution < -0.4 is 11.1 Å². The van der Waals surface area contributed by atoms with Crippen LogP contribution in [0, 0.1) is 22.8 Å². The average molecular weight is 786 g/mol. The fourth-order valence-electron chi connectivity index (χ4n) is 6.26. The van der Waals surface area contributed by atoms with Gasteiger partial charge in [-0.15, -0.1) is 0 Å². The predicted octanol–water partition coefficient (Wildman–Crippen LogP) is 7.34. The number of fused-ring (bicyclic) bond motifs is 1. The molecule has 0 aliphatic rings. The number of phosphoric ester groups is 1. The number of nitriles is 2. The van der Waals surface area contributed by atoms with Crippen LogP contribution in [0.3, 0.4) is 0 Å². The first-order chi connectivity index (χ1) is 26.7. The Hall–Kier alpha value is -3.79. The van der Waals surface area contributed by atoms with Gasteiger partial charge in [0, 0.05) is 12.3 Å². The van der Waals surface area contributed by atoms with Crippen molar-refractivity contribution in [2.24, 2.45) is 0 Å². The van der Waals surface area contributed by atoms with E-state index in [-0.39, 0.29) is 24.7 Å². The van der Waals surface area contributed by atoms with E-state index >= 15 is 0 Å². The molecule has 55 heavy (non-hydrogen) atoms. The third-order valence-electron chi connectivity index (χ3n) is 9.39. The fraction of sp³-hybridized carbons (Fsp3) is 0.641. The van der Waals surface area contributed by atoms with Gasteiger partial charge in [0.2, 0.25) is 0 Å². The van der Waals surface area contributed by atoms with Gasteiger partial charge >= 0.3 is 7.82 Å². The quantitative estimate of drug-likeness (QED) is 0.0244. The lowest BCUT2D eigenvalue weighted by molar-refractivity contribution is -0.0796. The molecule has 304 valence electrons. The van der Waals surface area contributed by atoms with Gasteiger partial charge < -0.3 is 35.6 Å². The van der Waals surface area contributed by atoms with Gasteiger partial charge in [0.15, 0.2) is 11.9 Å². The lowest BCUT2D eigenvalue weighted by atomic mass is 10.0. The molecule has 1 aromatic carbocycles. The second-order valence-electron chi connectivity index (χ2n) is 13.9. The summed E-state index contributed by atoms with van der Waals surface area (Å²) in [6, 6.07) is 11.2. The summed E-state index contributed by atoms with van der Waals surface area (Å²) in [6.45, 7) is 1.80. The van der Waals surface area contributed by atoms with E-state index in [4.69, 9.17) is 29.5 Å². The van der Waals surface area contributed by atoms with Gasteiger partial charge in [0.25, 0.3) is 6.26 Å². The zero-order chi connectivity index (χ0) is 39.7. The van der Waals surface area contributed by atoms with Crippen LogP contribution in [0.15, 0.2) is 42.7 Å². The Morgan fingerprint density at radius 2 is 1.49 bits per heavy atom. The van der Waals surface area contributed by atoms with Crippen molar-refractivity contribution in [2.45, 2.75) is 134 Å². The van der Waals surface area contributed by atoms with Gasteiger partial charge in [-0.2, -0.15) is 15.6 Å². The van der Waals surface area contributed by atoms with Crippen molar-refractivity contribution in [1.29, 1.82) is 10.5 Å². The Bertz CT molecular complexity index is 1650. The maximum absolute atomic E-state index is 12.9. The number of aromatic nitrogens is 3. The number of anilines is 2. The molecule has 0 radical (unpaired) electrons. The Kier molecular flexibility index (Phi) is 21.7. The molecule has 1 unspecified atom stereocenters. The number of nitrogens with one attached hydrogen (secondary N) is 1. The summed E-state index contributed by atoms with van der Waals surface area (Å²) in [5.41, 5.74) is 7.36. The zero-order valence-corrected chi connectivity index (χ0v) is 33.0. The molecular weight excluding hydrogens is 725 g/mol. The van der Waals surface area contributed by atoms with Gasteiger partial charge in [0.1, 0.15) is 24.1 Å². The summed E-state index contributed by atoms with van der Waals surface area (Å²) in [5.74, 6) is 0.144. The van der Waals surface area contributed by atoms with Crippen molar-refractivity contribution in [3.8, 4) is 12.3 Å². The second kappa shape index (κ2) is 26.1. The third kappa shape index (κ3) is 17.3. The number of rotatable bonds is 31. The van der Waals surface area contributed by atoms with Crippen LogP contribution in [-0.4, -0.2) is 74.4 Å². The van der Waals surface area contributed by atoms with Crippen molar-refractivity contribution in [3.63, 3.8) is 0 Å². The van der Waals surface area contributed by atoms with E-state index in [1.807, 2.05) is 0 Å². The van der Waals surface area contributed by atoms with Crippen molar-refractivity contribution in [1.82, 2.24) is 14.6 Å². The standard InChI is InChI=1S/C39H60N7O8P/c1-2-3-4-5-6-7-8-9-10-11-12-13-14-15-16-17-23-51-26-33(45-32-20-18-19-31(24-32)25-40)27-53-55(49,50)54-28-36(52-29-41)38(48)37(47)34-21-22-35-39(42)43-30-44-46(34)35/h18-22,24,30,33,36-38,45,47-48H,2-17,23,26-28H2,1H3,(H,49,50)(H2,42,43,44)/t33-,36-,37+,38-/m1/s1. The summed E-state index contributed by atoms with van der Waals surface area (Å²) in [5, 5.41) is 47.4. The second-order valence-corrected chi connectivity index (χ2v) is 15.3. The molecule has 0 spiro atoms. The first kappa shape index (κ1) is 45.6. The van der Waals surface area contributed by atoms with E-state index in [2.05, 4.69) is 28.4 Å². The molecule has 0 bridgehead atoms. The first-order valence-corrected chi connectivity index (χ1v) is 21.1. The number of hydrogen-bond donors (Lipinski definition) is 5. The summed E-state index contributed by atoms with van der Waals surface area (Å²) in [7, 11) is -4.77. The SMILES string of the molecule is CCCCCCCCCCCCCCCCCCOC[C@H](COP(=O)(O)OC[C@@H](OC#N)[C@@H](O)[C@@H](O)c1ccc2c(N)ncnn12)Nc1cccc(C#N)c1. The third-order valence-corrected chi connectivity index (χ3v) is 10.3. The monoisotopic (exact) mass is 785 g/mol. The van der Waals surface area contributed by atoms with E-state index in [1.165, 1.54) is 107 Å². The number of nitrogens with two attached hydrogens (primary N) is 1. The van der Waals surface area contributed by atoms with Crippen LogP contribution >= 0.6 is 7.82 Å². The molecule has 5 atom stereocenters. The van der Waals surface area contributed by atoms with Gasteiger partial charge in [0.05, 0.1) is 43.2 Å². The highest BCUT2D eigenvalue weighted by atomic mass is 31.2. The number of unbranched alkanes of at least 4 members (excludes halogenated alkanes) is 15. The van der Waals surface area contributed by atoms with Crippen molar-refractivity contribution < 1.29 is 38.2 Å². The molecule has 0 saturated heterocycles. The predicted molar refractivity (Wildman–Crippen MR) is 210 cm³/mol. The van der Waals surface area contributed by atoms with Crippen LogP contribution in [-0.2, 0) is 23.1 Å². The Balaban J connectivity index is 1.40. The number of phosphoric acid groups is 1. The number of aliphatic hydroxyl groups is 2. The summed E-state index contributed by atoms with van der Waals surface area (Å²) >= 11 is 0. The molecule has 6 N–H and O–H groups in total. The van der Waals surface area contributed by atoms with Gasteiger partial charge in [-0.3, -0.25) is 9.05 Å². The minimum atomic E-state index is -4.77. The van der Waals surface area contributed by atoms with E-state index in [1.54, 1.807) is 30.3 Å². The summed E-state index contributed by atoms with van der Waals surface area (Å²) < 4.78 is 35.4. The van der Waals surface area contributed by atoms with Gasteiger partial charge in [-0.1, -0.05) is 109 Å². The average Bonchev–Trinajstić information content (AvgIpc) is 3.63. The Labute approximate surface area is 325 Å². The van der Waals surface area contributed by atoms with E-state index in [0.29, 0.717) is 23.4 Å². The molecule has 0 aliphatic carbocycles.